The molecule has 0 amide bonds. The van der Waals surface area contributed by atoms with Gasteiger partial charge in [0.15, 0.2) is 0 Å². The number of methoxy groups -OCH3 is 1. The molecular weight excluding hydrogens is 356 g/mol. The van der Waals surface area contributed by atoms with Gasteiger partial charge in [-0.2, -0.15) is 0 Å². The molecule has 1 N–H and O–H groups in total. The molecule has 1 unspecified atom stereocenters. The molecule has 1 aromatic rings. The van der Waals surface area contributed by atoms with Gasteiger partial charge in [0.1, 0.15) is 10.6 Å². The van der Waals surface area contributed by atoms with Crippen molar-refractivity contribution < 1.29 is 13.2 Å². The van der Waals surface area contributed by atoms with E-state index in [0.29, 0.717) is 10.2 Å². The van der Waals surface area contributed by atoms with E-state index in [1.165, 1.54) is 20.0 Å². The zero-order valence-corrected chi connectivity index (χ0v) is 14.7. The maximum absolute atomic E-state index is 12.5. The molecule has 5 nitrogen and oxygen atoms in total. The van der Waals surface area contributed by atoms with Gasteiger partial charge >= 0.3 is 0 Å². The first-order chi connectivity index (χ1) is 9.92. The summed E-state index contributed by atoms with van der Waals surface area (Å²) < 4.78 is 33.6. The summed E-state index contributed by atoms with van der Waals surface area (Å²) in [6, 6.07) is 4.82. The Balaban J connectivity index is 2.12. The summed E-state index contributed by atoms with van der Waals surface area (Å²) in [4.78, 5) is 2.44. The highest BCUT2D eigenvalue weighted by atomic mass is 79.9. The number of benzene rings is 1. The van der Waals surface area contributed by atoms with Gasteiger partial charge in [-0.1, -0.05) is 15.9 Å². The van der Waals surface area contributed by atoms with Crippen LogP contribution in [0.15, 0.2) is 27.6 Å². The van der Waals surface area contributed by atoms with E-state index in [-0.39, 0.29) is 10.9 Å². The van der Waals surface area contributed by atoms with Crippen molar-refractivity contribution in [2.24, 2.45) is 0 Å². The molecule has 1 aromatic carbocycles. The molecule has 7 heteroatoms. The molecule has 118 valence electrons. The van der Waals surface area contributed by atoms with Gasteiger partial charge in [-0.05, 0) is 51.1 Å². The van der Waals surface area contributed by atoms with E-state index in [4.69, 9.17) is 4.74 Å². The summed E-state index contributed by atoms with van der Waals surface area (Å²) in [5.41, 5.74) is 0. The minimum atomic E-state index is -3.60. The summed E-state index contributed by atoms with van der Waals surface area (Å²) in [5, 5.41) is 0. The predicted octanol–water partition coefficient (Wildman–Crippen LogP) is 2.22. The first-order valence-electron chi connectivity index (χ1n) is 7.00. The SMILES string of the molecule is COc1ccc(Br)cc1S(=O)(=O)NC(C)CN1CCCC1. The Kier molecular flexibility index (Phi) is 5.65. The van der Waals surface area contributed by atoms with Crippen molar-refractivity contribution >= 4 is 26.0 Å². The maximum Gasteiger partial charge on any atom is 0.244 e. The highest BCUT2D eigenvalue weighted by Gasteiger charge is 2.23. The first-order valence-corrected chi connectivity index (χ1v) is 9.28. The van der Waals surface area contributed by atoms with Crippen LogP contribution < -0.4 is 9.46 Å². The fourth-order valence-corrected chi connectivity index (χ4v) is 4.52. The lowest BCUT2D eigenvalue weighted by Crippen LogP contribution is -2.41. The fraction of sp³-hybridized carbons (Fsp3) is 0.571. The van der Waals surface area contributed by atoms with Gasteiger partial charge in [-0.15, -0.1) is 0 Å². The molecular formula is C14H21BrN2O3S. The third kappa shape index (κ3) is 4.42. The molecule has 2 rings (SSSR count). The topological polar surface area (TPSA) is 58.6 Å². The lowest BCUT2D eigenvalue weighted by molar-refractivity contribution is 0.312. The number of likely N-dealkylation sites (tertiary alicyclic amines) is 1. The average molecular weight is 377 g/mol. The van der Waals surface area contributed by atoms with Crippen LogP contribution in [0.3, 0.4) is 0 Å². The van der Waals surface area contributed by atoms with Crippen LogP contribution in [0.2, 0.25) is 0 Å². The molecule has 0 spiro atoms. The number of hydrogen-bond donors (Lipinski definition) is 1. The second kappa shape index (κ2) is 7.09. The Bertz CT molecular complexity index is 586. The van der Waals surface area contributed by atoms with Crippen LogP contribution in [0, 0.1) is 0 Å². The van der Waals surface area contributed by atoms with Crippen molar-refractivity contribution in [2.45, 2.75) is 30.7 Å². The van der Waals surface area contributed by atoms with Gasteiger partial charge in [0.25, 0.3) is 0 Å². The lowest BCUT2D eigenvalue weighted by Gasteiger charge is -2.21. The number of nitrogens with zero attached hydrogens (tertiary/aromatic N) is 1. The smallest absolute Gasteiger partial charge is 0.244 e. The van der Waals surface area contributed by atoms with E-state index in [1.807, 2.05) is 6.92 Å². The largest absolute Gasteiger partial charge is 0.495 e. The van der Waals surface area contributed by atoms with Crippen molar-refractivity contribution in [1.29, 1.82) is 0 Å². The summed E-state index contributed by atoms with van der Waals surface area (Å²) >= 11 is 3.30. The van der Waals surface area contributed by atoms with Crippen molar-refractivity contribution in [3.05, 3.63) is 22.7 Å². The third-order valence-corrected chi connectivity index (χ3v) is 5.61. The standard InChI is InChI=1S/C14H21BrN2O3S/c1-11(10-17-7-3-4-8-17)16-21(18,19)14-9-12(15)5-6-13(14)20-2/h5-6,9,11,16H,3-4,7-8,10H2,1-2H3. The lowest BCUT2D eigenvalue weighted by atomic mass is 10.3. The molecule has 1 aliphatic heterocycles. The summed E-state index contributed by atoms with van der Waals surface area (Å²) in [5.74, 6) is 0.346. The highest BCUT2D eigenvalue weighted by molar-refractivity contribution is 9.10. The number of nitrogens with one attached hydrogen (secondary N) is 1. The molecule has 0 aliphatic carbocycles. The second-order valence-electron chi connectivity index (χ2n) is 5.33. The summed E-state index contributed by atoms with van der Waals surface area (Å²) in [7, 11) is -2.13. The molecule has 21 heavy (non-hydrogen) atoms. The Hall–Kier alpha value is -0.630. The van der Waals surface area contributed by atoms with E-state index in [9.17, 15) is 8.42 Å². The van der Waals surface area contributed by atoms with Crippen molar-refractivity contribution in [3.63, 3.8) is 0 Å². The van der Waals surface area contributed by atoms with Crippen LogP contribution in [0.4, 0.5) is 0 Å². The predicted molar refractivity (Wildman–Crippen MR) is 86.2 cm³/mol. The van der Waals surface area contributed by atoms with Gasteiger partial charge in [0.05, 0.1) is 7.11 Å². The number of rotatable bonds is 6. The molecule has 1 fully saturated rings. The van der Waals surface area contributed by atoms with E-state index in [2.05, 4.69) is 25.6 Å². The molecule has 1 heterocycles. The van der Waals surface area contributed by atoms with Crippen LogP contribution in [0.1, 0.15) is 19.8 Å². The van der Waals surface area contributed by atoms with Gasteiger partial charge in [-0.25, -0.2) is 13.1 Å². The van der Waals surface area contributed by atoms with Crippen LogP contribution in [0.5, 0.6) is 5.75 Å². The van der Waals surface area contributed by atoms with Gasteiger partial charge in [-0.3, -0.25) is 0 Å². The fourth-order valence-electron chi connectivity index (χ4n) is 2.58. The third-order valence-electron chi connectivity index (χ3n) is 3.50. The second-order valence-corrected chi connectivity index (χ2v) is 7.92. The normalized spacial score (nSPS) is 17.9. The molecule has 0 saturated carbocycles. The maximum atomic E-state index is 12.5. The Labute approximate surface area is 134 Å². The highest BCUT2D eigenvalue weighted by Crippen LogP contribution is 2.27. The molecule has 0 radical (unpaired) electrons. The van der Waals surface area contributed by atoms with Crippen LogP contribution in [-0.2, 0) is 10.0 Å². The zero-order chi connectivity index (χ0) is 15.5. The Morgan fingerprint density at radius 1 is 1.38 bits per heavy atom. The molecule has 1 atom stereocenters. The van der Waals surface area contributed by atoms with Crippen LogP contribution in [0.25, 0.3) is 0 Å². The minimum absolute atomic E-state index is 0.142. The van der Waals surface area contributed by atoms with Gasteiger partial charge in [0.2, 0.25) is 10.0 Å². The zero-order valence-electron chi connectivity index (χ0n) is 12.3. The number of ether oxygens (including phenoxy) is 1. The van der Waals surface area contributed by atoms with E-state index in [0.717, 1.165) is 19.6 Å². The molecule has 1 saturated heterocycles. The molecule has 0 aromatic heterocycles. The van der Waals surface area contributed by atoms with E-state index in [1.54, 1.807) is 18.2 Å². The average Bonchev–Trinajstić information content (AvgIpc) is 2.90. The van der Waals surface area contributed by atoms with Crippen LogP contribution in [-0.4, -0.2) is 46.1 Å². The molecule has 0 bridgehead atoms. The monoisotopic (exact) mass is 376 g/mol. The number of halogens is 1. The summed E-state index contributed by atoms with van der Waals surface area (Å²) in [6.45, 7) is 4.72. The van der Waals surface area contributed by atoms with Gasteiger partial charge < -0.3 is 9.64 Å². The van der Waals surface area contributed by atoms with Crippen LogP contribution >= 0.6 is 15.9 Å². The van der Waals surface area contributed by atoms with Gasteiger partial charge in [0, 0.05) is 17.1 Å². The Morgan fingerprint density at radius 3 is 2.67 bits per heavy atom. The quantitative estimate of drug-likeness (QED) is 0.826. The number of hydrogen-bond acceptors (Lipinski definition) is 4. The Morgan fingerprint density at radius 2 is 2.05 bits per heavy atom. The van der Waals surface area contributed by atoms with Crippen molar-refractivity contribution in [3.8, 4) is 5.75 Å². The van der Waals surface area contributed by atoms with Crippen molar-refractivity contribution in [1.82, 2.24) is 9.62 Å². The minimum Gasteiger partial charge on any atom is -0.495 e. The van der Waals surface area contributed by atoms with E-state index < -0.39 is 10.0 Å². The first kappa shape index (κ1) is 16.7. The van der Waals surface area contributed by atoms with E-state index >= 15 is 0 Å². The molecule has 1 aliphatic rings. The summed E-state index contributed by atoms with van der Waals surface area (Å²) in [6.07, 6.45) is 2.39. The number of sulfonamides is 1. The van der Waals surface area contributed by atoms with Crippen molar-refractivity contribution in [2.75, 3.05) is 26.7 Å².